The molecule has 4 nitrogen and oxygen atoms in total. The highest BCUT2D eigenvalue weighted by Gasteiger charge is 2.43. The van der Waals surface area contributed by atoms with Gasteiger partial charge in [0.15, 0.2) is 10.4 Å². The Morgan fingerprint density at radius 2 is 2.38 bits per heavy atom. The summed E-state index contributed by atoms with van der Waals surface area (Å²) < 4.78 is 5.83. The molecule has 1 aromatic rings. The van der Waals surface area contributed by atoms with E-state index in [9.17, 15) is 4.79 Å². The van der Waals surface area contributed by atoms with Crippen LogP contribution in [-0.4, -0.2) is 23.2 Å². The molecule has 1 heterocycles. The molecule has 1 fully saturated rings. The van der Waals surface area contributed by atoms with E-state index in [2.05, 4.69) is 21.2 Å². The normalized spacial score (nSPS) is 17.2. The number of aryl methyl sites for hydroxylation is 1. The third kappa shape index (κ3) is 2.30. The van der Waals surface area contributed by atoms with E-state index < -0.39 is 0 Å². The first kappa shape index (κ1) is 11.7. The van der Waals surface area contributed by atoms with Crippen molar-refractivity contribution in [3.8, 4) is 0 Å². The number of aliphatic hydroxyl groups excluding tert-OH is 1. The van der Waals surface area contributed by atoms with Crippen molar-refractivity contribution in [2.45, 2.75) is 31.7 Å². The Bertz CT molecular complexity index is 409. The van der Waals surface area contributed by atoms with Crippen LogP contribution in [0.3, 0.4) is 0 Å². The molecule has 1 saturated carbocycles. The first-order valence-corrected chi connectivity index (χ1v) is 6.05. The first-order valence-electron chi connectivity index (χ1n) is 5.26. The zero-order chi connectivity index (χ0) is 11.8. The number of amides is 1. The number of hydrogen-bond acceptors (Lipinski definition) is 3. The van der Waals surface area contributed by atoms with Crippen LogP contribution >= 0.6 is 15.9 Å². The first-order chi connectivity index (χ1) is 7.56. The number of carbonyl (C=O) groups excluding carboxylic acids is 1. The molecule has 0 spiro atoms. The molecule has 1 amide bonds. The molecule has 0 aromatic carbocycles. The molecule has 2 rings (SSSR count). The molecule has 1 aromatic heterocycles. The molecular weight excluding hydrogens is 274 g/mol. The lowest BCUT2D eigenvalue weighted by Gasteiger charge is -2.15. The number of nitrogens with one attached hydrogen (secondary N) is 1. The van der Waals surface area contributed by atoms with Gasteiger partial charge < -0.3 is 14.8 Å². The molecule has 1 aliphatic carbocycles. The molecule has 0 bridgehead atoms. The van der Waals surface area contributed by atoms with E-state index in [0.29, 0.717) is 16.9 Å². The van der Waals surface area contributed by atoms with Gasteiger partial charge in [-0.25, -0.2) is 0 Å². The summed E-state index contributed by atoms with van der Waals surface area (Å²) in [6, 6.07) is 1.76. The monoisotopic (exact) mass is 287 g/mol. The van der Waals surface area contributed by atoms with Crippen LogP contribution in [0.15, 0.2) is 15.2 Å². The summed E-state index contributed by atoms with van der Waals surface area (Å²) in [5.74, 6) is 0.144. The van der Waals surface area contributed by atoms with Crippen LogP contribution in [-0.2, 0) is 0 Å². The standard InChI is InChI=1S/C11H14BrNO3/c1-7-6-8(12)16-9(7)10(15)13-11(2-3-11)4-5-14/h6,14H,2-5H2,1H3,(H,13,15). The Balaban J connectivity index is 2.06. The number of furan rings is 1. The van der Waals surface area contributed by atoms with Gasteiger partial charge >= 0.3 is 0 Å². The maximum absolute atomic E-state index is 11.9. The molecule has 5 heteroatoms. The quantitative estimate of drug-likeness (QED) is 0.890. The van der Waals surface area contributed by atoms with Crippen molar-refractivity contribution in [3.63, 3.8) is 0 Å². The fraction of sp³-hybridized carbons (Fsp3) is 0.545. The molecule has 88 valence electrons. The lowest BCUT2D eigenvalue weighted by molar-refractivity contribution is 0.0893. The van der Waals surface area contributed by atoms with Crippen molar-refractivity contribution < 1.29 is 14.3 Å². The number of aliphatic hydroxyl groups is 1. The van der Waals surface area contributed by atoms with Crippen LogP contribution in [0.25, 0.3) is 0 Å². The van der Waals surface area contributed by atoms with Crippen LogP contribution in [0.5, 0.6) is 0 Å². The second-order valence-corrected chi connectivity index (χ2v) is 5.05. The molecule has 0 aliphatic heterocycles. The second kappa shape index (κ2) is 4.22. The average molecular weight is 288 g/mol. The van der Waals surface area contributed by atoms with E-state index in [0.717, 1.165) is 18.4 Å². The second-order valence-electron chi connectivity index (χ2n) is 4.27. The Labute approximate surface area is 102 Å². The van der Waals surface area contributed by atoms with E-state index >= 15 is 0 Å². The lowest BCUT2D eigenvalue weighted by atomic mass is 10.1. The summed E-state index contributed by atoms with van der Waals surface area (Å²) in [6.45, 7) is 1.93. The number of carbonyl (C=O) groups is 1. The summed E-state index contributed by atoms with van der Waals surface area (Å²) in [4.78, 5) is 11.9. The minimum atomic E-state index is -0.200. The molecule has 0 atom stereocenters. The van der Waals surface area contributed by atoms with Gasteiger partial charge in [-0.3, -0.25) is 4.79 Å². The van der Waals surface area contributed by atoms with Crippen LogP contribution < -0.4 is 5.32 Å². The minimum absolute atomic E-state index is 0.0983. The summed E-state index contributed by atoms with van der Waals surface area (Å²) in [7, 11) is 0. The molecule has 0 unspecified atom stereocenters. The number of rotatable bonds is 4. The average Bonchev–Trinajstić information content (AvgIpc) is 2.85. The molecule has 0 saturated heterocycles. The van der Waals surface area contributed by atoms with Gasteiger partial charge in [0.05, 0.1) is 0 Å². The molecular formula is C11H14BrNO3. The predicted molar refractivity (Wildman–Crippen MR) is 62.3 cm³/mol. The van der Waals surface area contributed by atoms with Gasteiger partial charge in [-0.2, -0.15) is 0 Å². The van der Waals surface area contributed by atoms with Gasteiger partial charge in [-0.15, -0.1) is 0 Å². The largest absolute Gasteiger partial charge is 0.444 e. The Morgan fingerprint density at radius 1 is 1.69 bits per heavy atom. The fourth-order valence-electron chi connectivity index (χ4n) is 1.77. The zero-order valence-corrected chi connectivity index (χ0v) is 10.6. The van der Waals surface area contributed by atoms with Gasteiger partial charge in [0.25, 0.3) is 5.91 Å². The molecule has 1 aliphatic rings. The highest BCUT2D eigenvalue weighted by Crippen LogP contribution is 2.38. The Morgan fingerprint density at radius 3 is 2.81 bits per heavy atom. The maximum atomic E-state index is 11.9. The van der Waals surface area contributed by atoms with Crippen molar-refractivity contribution in [3.05, 3.63) is 22.1 Å². The van der Waals surface area contributed by atoms with E-state index in [-0.39, 0.29) is 18.1 Å². The Kier molecular flexibility index (Phi) is 3.08. The van der Waals surface area contributed by atoms with E-state index in [1.807, 2.05) is 6.92 Å². The lowest BCUT2D eigenvalue weighted by Crippen LogP contribution is -2.37. The SMILES string of the molecule is Cc1cc(Br)oc1C(=O)NC1(CCO)CC1. The van der Waals surface area contributed by atoms with Crippen molar-refractivity contribution in [1.82, 2.24) is 5.32 Å². The predicted octanol–water partition coefficient (Wildman–Crippen LogP) is 2.00. The maximum Gasteiger partial charge on any atom is 0.287 e. The van der Waals surface area contributed by atoms with Crippen LogP contribution in [0, 0.1) is 6.92 Å². The van der Waals surface area contributed by atoms with Crippen molar-refractivity contribution >= 4 is 21.8 Å². The van der Waals surface area contributed by atoms with E-state index in [1.54, 1.807) is 6.07 Å². The third-order valence-corrected chi connectivity index (χ3v) is 3.31. The van der Waals surface area contributed by atoms with Crippen molar-refractivity contribution in [2.24, 2.45) is 0 Å². The van der Waals surface area contributed by atoms with Gasteiger partial charge in [0, 0.05) is 17.7 Å². The van der Waals surface area contributed by atoms with Crippen LogP contribution in [0.1, 0.15) is 35.4 Å². The van der Waals surface area contributed by atoms with Crippen molar-refractivity contribution in [2.75, 3.05) is 6.61 Å². The number of halogens is 1. The highest BCUT2D eigenvalue weighted by molar-refractivity contribution is 9.10. The van der Waals surface area contributed by atoms with Gasteiger partial charge in [0.1, 0.15) is 0 Å². The molecule has 0 radical (unpaired) electrons. The fourth-order valence-corrected chi connectivity index (χ4v) is 2.27. The highest BCUT2D eigenvalue weighted by atomic mass is 79.9. The smallest absolute Gasteiger partial charge is 0.287 e. The van der Waals surface area contributed by atoms with E-state index in [1.165, 1.54) is 0 Å². The Hall–Kier alpha value is -0.810. The summed E-state index contributed by atoms with van der Waals surface area (Å²) >= 11 is 3.19. The van der Waals surface area contributed by atoms with Gasteiger partial charge in [0.2, 0.25) is 0 Å². The molecule has 2 N–H and O–H groups in total. The zero-order valence-electron chi connectivity index (χ0n) is 9.05. The summed E-state index contributed by atoms with van der Waals surface area (Å²) in [6.07, 6.45) is 2.47. The van der Waals surface area contributed by atoms with Crippen LogP contribution in [0.4, 0.5) is 0 Å². The van der Waals surface area contributed by atoms with Crippen molar-refractivity contribution in [1.29, 1.82) is 0 Å². The topological polar surface area (TPSA) is 62.5 Å². The summed E-state index contributed by atoms with van der Waals surface area (Å²) in [5, 5.41) is 11.8. The minimum Gasteiger partial charge on any atom is -0.444 e. The number of hydrogen-bond donors (Lipinski definition) is 2. The third-order valence-electron chi connectivity index (χ3n) is 2.92. The summed E-state index contributed by atoms with van der Waals surface area (Å²) in [5.41, 5.74) is 0.613. The van der Waals surface area contributed by atoms with E-state index in [4.69, 9.17) is 9.52 Å². The van der Waals surface area contributed by atoms with Gasteiger partial charge in [-0.05, 0) is 48.2 Å². The molecule has 16 heavy (non-hydrogen) atoms. The van der Waals surface area contributed by atoms with Gasteiger partial charge in [-0.1, -0.05) is 0 Å². The van der Waals surface area contributed by atoms with Crippen LogP contribution in [0.2, 0.25) is 0 Å².